The van der Waals surface area contributed by atoms with E-state index in [9.17, 15) is 10.5 Å². The normalized spacial score (nSPS) is 12.5. The van der Waals surface area contributed by atoms with Crippen molar-refractivity contribution in [1.82, 2.24) is 0 Å². The topological polar surface area (TPSA) is 72.5 Å². The second-order valence-corrected chi connectivity index (χ2v) is 14.4. The van der Waals surface area contributed by atoms with Crippen LogP contribution in [-0.2, 0) is 5.41 Å². The van der Waals surface area contributed by atoms with Crippen LogP contribution in [0.25, 0.3) is 22.3 Å². The van der Waals surface area contributed by atoms with Crippen molar-refractivity contribution in [3.63, 3.8) is 0 Å². The van der Waals surface area contributed by atoms with Crippen LogP contribution in [0.3, 0.4) is 0 Å². The van der Waals surface area contributed by atoms with E-state index in [0.29, 0.717) is 11.1 Å². The Kier molecular flexibility index (Phi) is 7.69. The first-order valence-corrected chi connectivity index (χ1v) is 17.9. The quantitative estimate of drug-likeness (QED) is 0.182. The maximum atomic E-state index is 10.1. The number of benzene rings is 7. The molecule has 0 bridgehead atoms. The van der Waals surface area contributed by atoms with Gasteiger partial charge in [0.2, 0.25) is 0 Å². The second kappa shape index (κ2) is 12.7. The number of anilines is 6. The molecule has 54 heavy (non-hydrogen) atoms. The lowest BCUT2D eigenvalue weighted by atomic mass is 9.78. The highest BCUT2D eigenvalue weighted by atomic mass is 16.5. The van der Waals surface area contributed by atoms with Gasteiger partial charge in [0, 0.05) is 16.7 Å². The molecule has 0 atom stereocenters. The summed E-state index contributed by atoms with van der Waals surface area (Å²) in [5.74, 6) is 2.95. The molecule has 0 unspecified atom stereocenters. The minimum absolute atomic E-state index is 0.487. The third-order valence-corrected chi connectivity index (χ3v) is 9.94. The first-order chi connectivity index (χ1) is 26.3. The van der Waals surface area contributed by atoms with Gasteiger partial charge < -0.3 is 19.3 Å². The van der Waals surface area contributed by atoms with Crippen molar-refractivity contribution in [2.75, 3.05) is 9.80 Å². The summed E-state index contributed by atoms with van der Waals surface area (Å²) >= 11 is 0. The Morgan fingerprint density at radius 1 is 0.444 bits per heavy atom. The lowest BCUT2D eigenvalue weighted by Crippen LogP contribution is -2.27. The zero-order chi connectivity index (χ0) is 37.0. The van der Waals surface area contributed by atoms with Gasteiger partial charge in [-0.1, -0.05) is 93.6 Å². The molecule has 7 aromatic rings. The Labute approximate surface area is 314 Å². The van der Waals surface area contributed by atoms with Gasteiger partial charge in [-0.25, -0.2) is 0 Å². The standard InChI is InChI=1S/C48H34N4O2/c1-48(2,3)45-46(51-37-18-4-8-22-41(37)53-42-23-9-5-19-38(42)51)35(33-16-12-14-31(26-33)29-49)28-36(34-17-13-15-32(27-34)30-50)47(45)52-39-20-6-10-24-43(39)54-44-25-11-7-21-40(44)52/h4-28H,1-3H3. The Morgan fingerprint density at radius 2 is 0.796 bits per heavy atom. The summed E-state index contributed by atoms with van der Waals surface area (Å²) in [6.45, 7) is 6.74. The summed E-state index contributed by atoms with van der Waals surface area (Å²) in [5, 5.41) is 20.3. The third kappa shape index (κ3) is 5.32. The van der Waals surface area contributed by atoms with Gasteiger partial charge in [0.1, 0.15) is 0 Å². The van der Waals surface area contributed by atoms with Crippen LogP contribution in [-0.4, -0.2) is 0 Å². The molecule has 6 nitrogen and oxygen atoms in total. The number of nitrogens with zero attached hydrogens (tertiary/aromatic N) is 4. The van der Waals surface area contributed by atoms with E-state index in [0.717, 1.165) is 84.9 Å². The molecule has 0 N–H and O–H groups in total. The van der Waals surface area contributed by atoms with Gasteiger partial charge in [-0.2, -0.15) is 10.5 Å². The lowest BCUT2D eigenvalue weighted by molar-refractivity contribution is 0.476. The number of hydrogen-bond donors (Lipinski definition) is 0. The Balaban J connectivity index is 1.52. The molecule has 0 saturated carbocycles. The molecule has 2 aliphatic heterocycles. The third-order valence-electron chi connectivity index (χ3n) is 9.94. The van der Waals surface area contributed by atoms with Crippen molar-refractivity contribution in [2.24, 2.45) is 0 Å². The van der Waals surface area contributed by atoms with Gasteiger partial charge in [-0.05, 0) is 95.4 Å². The van der Waals surface area contributed by atoms with Gasteiger partial charge in [0.05, 0.1) is 57.4 Å². The molecular formula is C48H34N4O2. The van der Waals surface area contributed by atoms with Crippen molar-refractivity contribution in [1.29, 1.82) is 10.5 Å². The fraction of sp³-hybridized carbons (Fsp3) is 0.0833. The Hall–Kier alpha value is -7.28. The minimum Gasteiger partial charge on any atom is -0.453 e. The molecule has 2 heterocycles. The van der Waals surface area contributed by atoms with E-state index >= 15 is 0 Å². The molecule has 7 aromatic carbocycles. The first kappa shape index (κ1) is 32.6. The highest BCUT2D eigenvalue weighted by Crippen LogP contribution is 2.61. The zero-order valence-electron chi connectivity index (χ0n) is 30.0. The van der Waals surface area contributed by atoms with Crippen LogP contribution in [0.4, 0.5) is 34.1 Å². The van der Waals surface area contributed by atoms with Crippen molar-refractivity contribution < 1.29 is 9.47 Å². The lowest BCUT2D eigenvalue weighted by Gasteiger charge is -2.42. The smallest absolute Gasteiger partial charge is 0.151 e. The molecule has 0 saturated heterocycles. The van der Waals surface area contributed by atoms with Crippen LogP contribution < -0.4 is 19.3 Å². The highest BCUT2D eigenvalue weighted by Gasteiger charge is 2.39. The molecule has 0 spiro atoms. The first-order valence-electron chi connectivity index (χ1n) is 17.9. The Morgan fingerprint density at radius 3 is 1.13 bits per heavy atom. The number of hydrogen-bond acceptors (Lipinski definition) is 6. The number of fused-ring (bicyclic) bond motifs is 4. The fourth-order valence-corrected chi connectivity index (χ4v) is 7.68. The molecule has 0 aliphatic carbocycles. The van der Waals surface area contributed by atoms with Crippen LogP contribution in [0.1, 0.15) is 37.5 Å². The number of rotatable bonds is 4. The molecule has 0 aromatic heterocycles. The summed E-state index contributed by atoms with van der Waals surface area (Å²) in [4.78, 5) is 4.64. The van der Waals surface area contributed by atoms with Crippen molar-refractivity contribution in [3.8, 4) is 57.4 Å². The maximum absolute atomic E-state index is 10.1. The average molecular weight is 699 g/mol. The average Bonchev–Trinajstić information content (AvgIpc) is 3.21. The van der Waals surface area contributed by atoms with Crippen LogP contribution in [0.2, 0.25) is 0 Å². The maximum Gasteiger partial charge on any atom is 0.151 e. The van der Waals surface area contributed by atoms with Crippen molar-refractivity contribution >= 4 is 34.1 Å². The van der Waals surface area contributed by atoms with E-state index in [-0.39, 0.29) is 0 Å². The molecule has 258 valence electrons. The fourth-order valence-electron chi connectivity index (χ4n) is 7.68. The molecular weight excluding hydrogens is 665 g/mol. The van der Waals surface area contributed by atoms with Gasteiger partial charge in [0.25, 0.3) is 0 Å². The van der Waals surface area contributed by atoms with Gasteiger partial charge in [0.15, 0.2) is 23.0 Å². The number of nitriles is 2. The summed E-state index contributed by atoms with van der Waals surface area (Å²) in [7, 11) is 0. The van der Waals surface area contributed by atoms with Gasteiger partial charge >= 0.3 is 0 Å². The number of para-hydroxylation sites is 8. The second-order valence-electron chi connectivity index (χ2n) is 14.4. The van der Waals surface area contributed by atoms with E-state index < -0.39 is 5.41 Å². The van der Waals surface area contributed by atoms with Crippen LogP contribution in [0.15, 0.2) is 152 Å². The summed E-state index contributed by atoms with van der Waals surface area (Å²) in [5.41, 5.74) is 10.8. The van der Waals surface area contributed by atoms with Gasteiger partial charge in [-0.3, -0.25) is 0 Å². The van der Waals surface area contributed by atoms with E-state index in [1.807, 2.05) is 109 Å². The molecule has 0 amide bonds. The highest BCUT2D eigenvalue weighted by molar-refractivity contribution is 6.05. The van der Waals surface area contributed by atoms with E-state index in [2.05, 4.69) is 85.2 Å². The molecule has 0 radical (unpaired) electrons. The molecule has 2 aliphatic rings. The van der Waals surface area contributed by atoms with E-state index in [1.165, 1.54) is 0 Å². The molecule has 6 heteroatoms. The minimum atomic E-state index is -0.487. The van der Waals surface area contributed by atoms with Crippen LogP contribution >= 0.6 is 0 Å². The summed E-state index contributed by atoms with van der Waals surface area (Å²) in [6.07, 6.45) is 0. The zero-order valence-corrected chi connectivity index (χ0v) is 30.0. The SMILES string of the molecule is CC(C)(C)c1c(N2c3ccccc3Oc3ccccc32)c(-c2cccc(C#N)c2)cc(-c2cccc(C#N)c2)c1N1c2ccccc2Oc2ccccc21. The predicted molar refractivity (Wildman–Crippen MR) is 215 cm³/mol. The molecule has 0 fully saturated rings. The van der Waals surface area contributed by atoms with Crippen molar-refractivity contribution in [2.45, 2.75) is 26.2 Å². The molecule has 9 rings (SSSR count). The van der Waals surface area contributed by atoms with Crippen LogP contribution in [0, 0.1) is 22.7 Å². The van der Waals surface area contributed by atoms with Gasteiger partial charge in [-0.15, -0.1) is 0 Å². The van der Waals surface area contributed by atoms with Crippen LogP contribution in [0.5, 0.6) is 23.0 Å². The largest absolute Gasteiger partial charge is 0.453 e. The summed E-state index contributed by atoms with van der Waals surface area (Å²) in [6, 6.07) is 55.0. The summed E-state index contributed by atoms with van der Waals surface area (Å²) < 4.78 is 13.1. The van der Waals surface area contributed by atoms with Crippen molar-refractivity contribution in [3.05, 3.63) is 168 Å². The van der Waals surface area contributed by atoms with E-state index in [4.69, 9.17) is 9.47 Å². The van der Waals surface area contributed by atoms with E-state index in [1.54, 1.807) is 0 Å². The Bertz CT molecular complexity index is 2450. The number of ether oxygens (including phenoxy) is 2. The monoisotopic (exact) mass is 698 g/mol. The predicted octanol–water partition coefficient (Wildman–Crippen LogP) is 13.2.